The summed E-state index contributed by atoms with van der Waals surface area (Å²) in [6, 6.07) is 8.83. The van der Waals surface area contributed by atoms with Gasteiger partial charge in [-0.15, -0.1) is 0 Å². The molecule has 0 bridgehead atoms. The summed E-state index contributed by atoms with van der Waals surface area (Å²) in [5.41, 5.74) is 1.29. The van der Waals surface area contributed by atoms with Crippen molar-refractivity contribution in [2.45, 2.75) is 46.6 Å². The van der Waals surface area contributed by atoms with Crippen LogP contribution in [-0.4, -0.2) is 38.1 Å². The number of anilines is 1. The average molecular weight is 299 g/mol. The molecule has 116 valence electrons. The molecule has 20 heavy (non-hydrogen) atoms. The van der Waals surface area contributed by atoms with Crippen LogP contribution in [0.5, 0.6) is 0 Å². The van der Waals surface area contributed by atoms with Gasteiger partial charge in [0.15, 0.2) is 0 Å². The molecule has 0 spiro atoms. The molecule has 1 atom stereocenters. The first-order valence-corrected chi connectivity index (χ1v) is 8.21. The van der Waals surface area contributed by atoms with Gasteiger partial charge in [0.2, 0.25) is 0 Å². The highest BCUT2D eigenvalue weighted by molar-refractivity contribution is 6.30. The van der Waals surface area contributed by atoms with Crippen LogP contribution < -0.4 is 4.90 Å². The van der Waals surface area contributed by atoms with E-state index < -0.39 is 0 Å². The highest BCUT2D eigenvalue weighted by Crippen LogP contribution is 2.23. The van der Waals surface area contributed by atoms with Gasteiger partial charge in [-0.1, -0.05) is 39.3 Å². The van der Waals surface area contributed by atoms with Crippen LogP contribution in [-0.2, 0) is 0 Å². The molecule has 1 heterocycles. The van der Waals surface area contributed by atoms with Gasteiger partial charge in [0.1, 0.15) is 0 Å². The minimum atomic E-state index is 0.671. The van der Waals surface area contributed by atoms with Crippen LogP contribution in [0.2, 0.25) is 5.02 Å². The molecular weight excluding hydrogens is 268 g/mol. The molecule has 1 aliphatic heterocycles. The Morgan fingerprint density at radius 3 is 2.10 bits per heavy atom. The molecule has 2 nitrogen and oxygen atoms in total. The minimum Gasteiger partial charge on any atom is -0.370 e. The van der Waals surface area contributed by atoms with E-state index in [1.54, 1.807) is 0 Å². The van der Waals surface area contributed by atoms with E-state index >= 15 is 0 Å². The molecule has 1 fully saturated rings. The van der Waals surface area contributed by atoms with E-state index in [4.69, 9.17) is 11.6 Å². The predicted octanol–water partition coefficient (Wildman–Crippen LogP) is 4.92. The van der Waals surface area contributed by atoms with Crippen molar-refractivity contribution in [3.05, 3.63) is 29.3 Å². The lowest BCUT2D eigenvalue weighted by Gasteiger charge is -2.37. The van der Waals surface area contributed by atoms with Crippen LogP contribution in [0.4, 0.5) is 5.69 Å². The number of rotatable bonds is 2. The summed E-state index contributed by atoms with van der Waals surface area (Å²) in [7, 11) is 4.33. The lowest BCUT2D eigenvalue weighted by atomic mass is 10.0. The molecule has 1 aromatic carbocycles. The van der Waals surface area contributed by atoms with Crippen LogP contribution in [0.25, 0.3) is 0 Å². The minimum absolute atomic E-state index is 0.671. The number of piperidine rings is 1. The summed E-state index contributed by atoms with van der Waals surface area (Å²) < 4.78 is 0. The first-order valence-electron chi connectivity index (χ1n) is 7.84. The fourth-order valence-corrected chi connectivity index (χ4v) is 2.39. The smallest absolute Gasteiger partial charge is 0.0407 e. The molecule has 1 saturated heterocycles. The van der Waals surface area contributed by atoms with Crippen molar-refractivity contribution in [3.63, 3.8) is 0 Å². The molecule has 1 aromatic rings. The summed E-state index contributed by atoms with van der Waals surface area (Å²) in [5, 5.41) is 0.810. The first kappa shape index (κ1) is 19.3. The SMILES string of the molecule is CC.CC.CN(C)C1CCCN(c2ccc(Cl)cc2)C1. The Morgan fingerprint density at radius 2 is 1.60 bits per heavy atom. The molecule has 2 rings (SSSR count). The number of hydrogen-bond acceptors (Lipinski definition) is 2. The molecule has 1 aliphatic rings. The van der Waals surface area contributed by atoms with E-state index in [0.717, 1.165) is 18.1 Å². The van der Waals surface area contributed by atoms with E-state index in [9.17, 15) is 0 Å². The number of hydrogen-bond donors (Lipinski definition) is 0. The van der Waals surface area contributed by atoms with E-state index in [0.29, 0.717) is 6.04 Å². The molecule has 0 saturated carbocycles. The summed E-state index contributed by atoms with van der Waals surface area (Å²) >= 11 is 5.90. The van der Waals surface area contributed by atoms with Crippen LogP contribution in [0.1, 0.15) is 40.5 Å². The molecule has 3 heteroatoms. The third-order valence-electron chi connectivity index (χ3n) is 3.32. The largest absolute Gasteiger partial charge is 0.370 e. The number of likely N-dealkylation sites (N-methyl/N-ethyl adjacent to an activating group) is 1. The van der Waals surface area contributed by atoms with E-state index in [2.05, 4.69) is 36.0 Å². The maximum Gasteiger partial charge on any atom is 0.0407 e. The predicted molar refractivity (Wildman–Crippen MR) is 93.1 cm³/mol. The van der Waals surface area contributed by atoms with Gasteiger partial charge in [0, 0.05) is 29.8 Å². The second kappa shape index (κ2) is 11.0. The summed E-state index contributed by atoms with van der Waals surface area (Å²) in [4.78, 5) is 4.77. The Balaban J connectivity index is 0.000000829. The van der Waals surface area contributed by atoms with Gasteiger partial charge >= 0.3 is 0 Å². The van der Waals surface area contributed by atoms with E-state index in [1.165, 1.54) is 18.5 Å². The van der Waals surface area contributed by atoms with Crippen molar-refractivity contribution in [2.24, 2.45) is 0 Å². The molecule has 0 aromatic heterocycles. The van der Waals surface area contributed by atoms with Crippen molar-refractivity contribution < 1.29 is 0 Å². The first-order chi connectivity index (χ1) is 9.66. The number of benzene rings is 1. The monoisotopic (exact) mass is 298 g/mol. The molecule has 1 unspecified atom stereocenters. The zero-order valence-electron chi connectivity index (χ0n) is 14.0. The van der Waals surface area contributed by atoms with Crippen molar-refractivity contribution >= 4 is 17.3 Å². The second-order valence-corrected chi connectivity index (χ2v) is 5.12. The average Bonchev–Trinajstić information content (AvgIpc) is 2.52. The maximum atomic E-state index is 5.90. The van der Waals surface area contributed by atoms with E-state index in [1.807, 2.05) is 39.8 Å². The topological polar surface area (TPSA) is 6.48 Å². The van der Waals surface area contributed by atoms with Gasteiger partial charge < -0.3 is 9.80 Å². The standard InChI is InChI=1S/C13H19ClN2.2C2H6/c1-15(2)13-4-3-9-16(10-13)12-7-5-11(14)6-8-12;2*1-2/h5-8,13H,3-4,9-10H2,1-2H3;2*1-2H3. The fourth-order valence-electron chi connectivity index (χ4n) is 2.26. The lowest BCUT2D eigenvalue weighted by molar-refractivity contribution is 0.258. The zero-order chi connectivity index (χ0) is 15.5. The molecule has 0 radical (unpaired) electrons. The van der Waals surface area contributed by atoms with Crippen molar-refractivity contribution in [1.82, 2.24) is 4.90 Å². The highest BCUT2D eigenvalue weighted by atomic mass is 35.5. The third-order valence-corrected chi connectivity index (χ3v) is 3.57. The normalized spacial score (nSPS) is 17.8. The Morgan fingerprint density at radius 1 is 1.05 bits per heavy atom. The Kier molecular flexibility index (Phi) is 10.6. The zero-order valence-corrected chi connectivity index (χ0v) is 14.7. The summed E-state index contributed by atoms with van der Waals surface area (Å²) in [6.45, 7) is 10.3. The van der Waals surface area contributed by atoms with Crippen molar-refractivity contribution in [3.8, 4) is 0 Å². The molecule has 0 N–H and O–H groups in total. The van der Waals surface area contributed by atoms with Gasteiger partial charge in [-0.05, 0) is 51.2 Å². The van der Waals surface area contributed by atoms with Crippen molar-refractivity contribution in [2.75, 3.05) is 32.1 Å². The van der Waals surface area contributed by atoms with Crippen LogP contribution in [0, 0.1) is 0 Å². The Hall–Kier alpha value is -0.730. The van der Waals surface area contributed by atoms with Gasteiger partial charge in [-0.25, -0.2) is 0 Å². The third kappa shape index (κ3) is 6.15. The second-order valence-electron chi connectivity index (χ2n) is 4.68. The van der Waals surface area contributed by atoms with Gasteiger partial charge in [0.05, 0.1) is 0 Å². The molecular formula is C17H31ClN2. The molecule has 0 aliphatic carbocycles. The van der Waals surface area contributed by atoms with Gasteiger partial charge in [-0.2, -0.15) is 0 Å². The van der Waals surface area contributed by atoms with Crippen LogP contribution in [0.3, 0.4) is 0 Å². The van der Waals surface area contributed by atoms with Gasteiger partial charge in [-0.3, -0.25) is 0 Å². The summed E-state index contributed by atoms with van der Waals surface area (Å²) in [5.74, 6) is 0. The lowest BCUT2D eigenvalue weighted by Crippen LogP contribution is -2.45. The fraction of sp³-hybridized carbons (Fsp3) is 0.647. The van der Waals surface area contributed by atoms with E-state index in [-0.39, 0.29) is 0 Å². The quantitative estimate of drug-likeness (QED) is 0.764. The van der Waals surface area contributed by atoms with Crippen molar-refractivity contribution in [1.29, 1.82) is 0 Å². The summed E-state index contributed by atoms with van der Waals surface area (Å²) in [6.07, 6.45) is 2.57. The molecule has 0 amide bonds. The van der Waals surface area contributed by atoms with Gasteiger partial charge in [0.25, 0.3) is 0 Å². The Bertz CT molecular complexity index is 335. The highest BCUT2D eigenvalue weighted by Gasteiger charge is 2.21. The number of nitrogens with zero attached hydrogens (tertiary/aromatic N) is 2. The van der Waals surface area contributed by atoms with Crippen LogP contribution in [0.15, 0.2) is 24.3 Å². The van der Waals surface area contributed by atoms with Crippen LogP contribution >= 0.6 is 11.6 Å². The maximum absolute atomic E-state index is 5.90. The number of halogens is 1. The Labute approximate surface area is 130 Å².